The first-order valence-electron chi connectivity index (χ1n) is 9.77. The zero-order valence-electron chi connectivity index (χ0n) is 17.3. The minimum atomic E-state index is -0.348. The molecule has 1 aliphatic heterocycles. The predicted molar refractivity (Wildman–Crippen MR) is 114 cm³/mol. The van der Waals surface area contributed by atoms with E-state index in [1.54, 1.807) is 19.1 Å². The largest absolute Gasteiger partial charge is 0.497 e. The first-order valence-corrected chi connectivity index (χ1v) is 10.6. The lowest BCUT2D eigenvalue weighted by Gasteiger charge is -2.21. The fourth-order valence-electron chi connectivity index (χ4n) is 3.67. The van der Waals surface area contributed by atoms with Gasteiger partial charge in [-0.1, -0.05) is 19.9 Å². The highest BCUT2D eigenvalue weighted by atomic mass is 32.1. The van der Waals surface area contributed by atoms with Gasteiger partial charge in [0.25, 0.3) is 5.91 Å². The molecule has 7 heteroatoms. The fourth-order valence-corrected chi connectivity index (χ4v) is 4.36. The third-order valence-corrected chi connectivity index (χ3v) is 6.05. The van der Waals surface area contributed by atoms with Crippen molar-refractivity contribution in [2.24, 2.45) is 11.8 Å². The van der Waals surface area contributed by atoms with Crippen molar-refractivity contribution in [3.8, 4) is 11.5 Å². The van der Waals surface area contributed by atoms with Crippen molar-refractivity contribution in [3.63, 3.8) is 0 Å². The summed E-state index contributed by atoms with van der Waals surface area (Å²) in [6.07, 6.45) is 0. The molecule has 6 nitrogen and oxygen atoms in total. The lowest BCUT2D eigenvalue weighted by molar-refractivity contribution is -0.125. The average Bonchev–Trinajstić information content (AvgIpc) is 3.41. The van der Waals surface area contributed by atoms with E-state index in [4.69, 9.17) is 9.47 Å². The second-order valence-electron chi connectivity index (χ2n) is 7.65. The number of hydrogen-bond acceptors (Lipinski definition) is 5. The predicted octanol–water partition coefficient (Wildman–Crippen LogP) is 3.39. The fraction of sp³-hybridized carbons (Fsp3) is 0.455. The van der Waals surface area contributed by atoms with Crippen molar-refractivity contribution in [1.82, 2.24) is 10.2 Å². The van der Waals surface area contributed by atoms with Crippen LogP contribution in [0.5, 0.6) is 11.5 Å². The summed E-state index contributed by atoms with van der Waals surface area (Å²) in [5, 5.41) is 4.93. The smallest absolute Gasteiger partial charge is 0.263 e. The molecule has 0 spiro atoms. The van der Waals surface area contributed by atoms with Crippen molar-refractivity contribution in [2.45, 2.75) is 19.8 Å². The van der Waals surface area contributed by atoms with Gasteiger partial charge in [0.1, 0.15) is 11.5 Å². The number of nitrogens with one attached hydrogen (secondary N) is 1. The molecule has 1 aromatic heterocycles. The third-order valence-electron chi connectivity index (χ3n) is 5.20. The molecule has 2 atom stereocenters. The maximum atomic E-state index is 13.0. The van der Waals surface area contributed by atoms with Gasteiger partial charge in [0, 0.05) is 31.1 Å². The number of methoxy groups -OCH3 is 2. The Morgan fingerprint density at radius 3 is 2.62 bits per heavy atom. The van der Waals surface area contributed by atoms with Gasteiger partial charge < -0.3 is 19.7 Å². The highest BCUT2D eigenvalue weighted by molar-refractivity contribution is 7.12. The van der Waals surface area contributed by atoms with Gasteiger partial charge in [0.05, 0.1) is 25.0 Å². The molecule has 0 unspecified atom stereocenters. The van der Waals surface area contributed by atoms with Gasteiger partial charge in [-0.3, -0.25) is 9.59 Å². The molecule has 1 aromatic carbocycles. The Kier molecular flexibility index (Phi) is 6.79. The molecule has 2 amide bonds. The van der Waals surface area contributed by atoms with E-state index in [2.05, 4.69) is 19.2 Å². The topological polar surface area (TPSA) is 67.9 Å². The van der Waals surface area contributed by atoms with Crippen LogP contribution in [-0.2, 0) is 4.79 Å². The number of benzene rings is 1. The van der Waals surface area contributed by atoms with Gasteiger partial charge in [-0.2, -0.15) is 0 Å². The zero-order chi connectivity index (χ0) is 21.0. The van der Waals surface area contributed by atoms with Gasteiger partial charge in [-0.25, -0.2) is 0 Å². The molecular weight excluding hydrogens is 388 g/mol. The van der Waals surface area contributed by atoms with Crippen LogP contribution in [-0.4, -0.2) is 50.6 Å². The summed E-state index contributed by atoms with van der Waals surface area (Å²) < 4.78 is 10.9. The summed E-state index contributed by atoms with van der Waals surface area (Å²) in [4.78, 5) is 28.4. The lowest BCUT2D eigenvalue weighted by Crippen LogP contribution is -2.37. The first kappa shape index (κ1) is 21.2. The van der Waals surface area contributed by atoms with Crippen molar-refractivity contribution < 1.29 is 19.1 Å². The Labute approximate surface area is 175 Å². The number of ether oxygens (including phenoxy) is 2. The van der Waals surface area contributed by atoms with Gasteiger partial charge >= 0.3 is 0 Å². The molecule has 0 bridgehead atoms. The Hall–Kier alpha value is -2.54. The average molecular weight is 417 g/mol. The van der Waals surface area contributed by atoms with Gasteiger partial charge in [0.2, 0.25) is 5.91 Å². The van der Waals surface area contributed by atoms with Crippen molar-refractivity contribution in [2.75, 3.05) is 33.9 Å². The maximum absolute atomic E-state index is 13.0. The Balaban J connectivity index is 1.92. The first-order chi connectivity index (χ1) is 13.9. The van der Waals surface area contributed by atoms with E-state index >= 15 is 0 Å². The maximum Gasteiger partial charge on any atom is 0.263 e. The van der Waals surface area contributed by atoms with Crippen LogP contribution in [0.1, 0.15) is 35.0 Å². The van der Waals surface area contributed by atoms with Crippen LogP contribution < -0.4 is 14.8 Å². The van der Waals surface area contributed by atoms with E-state index < -0.39 is 0 Å². The standard InChI is InChI=1S/C22H28N2O4S/c1-14(2)11-23-21(25)18-13-24(22(26)20-6-5-9-29-20)12-17(18)16-10-15(27-3)7-8-19(16)28-4/h5-10,14,17-18H,11-13H2,1-4H3,(H,23,25)/t17-,18+/m0/s1. The molecule has 1 N–H and O–H groups in total. The molecule has 1 fully saturated rings. The quantitative estimate of drug-likeness (QED) is 0.751. The van der Waals surface area contributed by atoms with E-state index in [0.717, 1.165) is 5.56 Å². The van der Waals surface area contributed by atoms with E-state index in [1.807, 2.05) is 35.7 Å². The molecule has 2 aromatic rings. The summed E-state index contributed by atoms with van der Waals surface area (Å²) >= 11 is 1.42. The van der Waals surface area contributed by atoms with Crippen molar-refractivity contribution in [1.29, 1.82) is 0 Å². The molecule has 1 saturated heterocycles. The van der Waals surface area contributed by atoms with Gasteiger partial charge in [-0.15, -0.1) is 11.3 Å². The molecule has 0 aliphatic carbocycles. The van der Waals surface area contributed by atoms with Crippen LogP contribution in [0.3, 0.4) is 0 Å². The van der Waals surface area contributed by atoms with Gasteiger partial charge in [-0.05, 0) is 35.6 Å². The normalized spacial score (nSPS) is 18.7. The number of hydrogen-bond donors (Lipinski definition) is 1. The van der Waals surface area contributed by atoms with E-state index in [9.17, 15) is 9.59 Å². The number of rotatable bonds is 7. The van der Waals surface area contributed by atoms with Crippen LogP contribution in [0.2, 0.25) is 0 Å². The van der Waals surface area contributed by atoms with E-state index in [0.29, 0.717) is 41.9 Å². The molecule has 0 radical (unpaired) electrons. The molecular formula is C22H28N2O4S. The van der Waals surface area contributed by atoms with Crippen molar-refractivity contribution >= 4 is 23.2 Å². The summed E-state index contributed by atoms with van der Waals surface area (Å²) in [6, 6.07) is 9.27. The Morgan fingerprint density at radius 2 is 2.00 bits per heavy atom. The number of likely N-dealkylation sites (tertiary alicyclic amines) is 1. The molecule has 29 heavy (non-hydrogen) atoms. The minimum Gasteiger partial charge on any atom is -0.497 e. The Morgan fingerprint density at radius 1 is 1.21 bits per heavy atom. The van der Waals surface area contributed by atoms with Crippen LogP contribution in [0.25, 0.3) is 0 Å². The Bertz CT molecular complexity index is 851. The number of carbonyl (C=O) groups excluding carboxylic acids is 2. The third kappa shape index (κ3) is 4.72. The number of amides is 2. The zero-order valence-corrected chi connectivity index (χ0v) is 18.1. The van der Waals surface area contributed by atoms with E-state index in [1.165, 1.54) is 11.3 Å². The lowest BCUT2D eigenvalue weighted by atomic mass is 9.87. The second-order valence-corrected chi connectivity index (χ2v) is 8.59. The van der Waals surface area contributed by atoms with Crippen LogP contribution >= 0.6 is 11.3 Å². The van der Waals surface area contributed by atoms with Gasteiger partial charge in [0.15, 0.2) is 0 Å². The number of carbonyl (C=O) groups is 2. The van der Waals surface area contributed by atoms with Crippen LogP contribution in [0, 0.1) is 11.8 Å². The second kappa shape index (κ2) is 9.31. The molecule has 2 heterocycles. The minimum absolute atomic E-state index is 0.0324. The molecule has 3 rings (SSSR count). The summed E-state index contributed by atoms with van der Waals surface area (Å²) in [7, 11) is 3.22. The molecule has 0 saturated carbocycles. The van der Waals surface area contributed by atoms with Crippen molar-refractivity contribution in [3.05, 3.63) is 46.2 Å². The molecule has 1 aliphatic rings. The summed E-state index contributed by atoms with van der Waals surface area (Å²) in [5.74, 6) is 1.16. The number of nitrogens with zero attached hydrogens (tertiary/aromatic N) is 1. The van der Waals surface area contributed by atoms with Crippen LogP contribution in [0.4, 0.5) is 0 Å². The highest BCUT2D eigenvalue weighted by Crippen LogP contribution is 2.40. The summed E-state index contributed by atoms with van der Waals surface area (Å²) in [6.45, 7) is 5.57. The number of thiophene rings is 1. The molecule has 156 valence electrons. The highest BCUT2D eigenvalue weighted by Gasteiger charge is 2.42. The summed E-state index contributed by atoms with van der Waals surface area (Å²) in [5.41, 5.74) is 0.887. The SMILES string of the molecule is COc1ccc(OC)c([C@@H]2CN(C(=O)c3cccs3)C[C@H]2C(=O)NCC(C)C)c1. The monoisotopic (exact) mass is 416 g/mol. The van der Waals surface area contributed by atoms with E-state index in [-0.39, 0.29) is 23.7 Å². The van der Waals surface area contributed by atoms with Crippen LogP contribution in [0.15, 0.2) is 35.7 Å².